The summed E-state index contributed by atoms with van der Waals surface area (Å²) in [7, 11) is 0. The Balaban J connectivity index is 2.45. The van der Waals surface area contributed by atoms with Crippen molar-refractivity contribution in [3.05, 3.63) is 20.8 Å². The lowest BCUT2D eigenvalue weighted by Gasteiger charge is -2.08. The number of nitrogens with two attached hydrogens (primary N) is 1. The number of hydrogen-bond acceptors (Lipinski definition) is 5. The Bertz CT molecular complexity index is 751. The smallest absolute Gasteiger partial charge is 0.260 e. The van der Waals surface area contributed by atoms with Crippen LogP contribution in [0.3, 0.4) is 0 Å². The Labute approximate surface area is 137 Å². The molecule has 0 fully saturated rings. The molecule has 2 unspecified atom stereocenters. The van der Waals surface area contributed by atoms with Gasteiger partial charge >= 0.3 is 0 Å². The molecule has 2 aromatic heterocycles. The summed E-state index contributed by atoms with van der Waals surface area (Å²) in [6, 6.07) is 0. The number of nitrogens with zero attached hydrogens (tertiary/aromatic N) is 1. The van der Waals surface area contributed by atoms with E-state index in [4.69, 9.17) is 5.73 Å². The van der Waals surface area contributed by atoms with Crippen LogP contribution in [0.2, 0.25) is 0 Å². The highest BCUT2D eigenvalue weighted by Crippen LogP contribution is 2.31. The Kier molecular flexibility index (Phi) is 5.28. The van der Waals surface area contributed by atoms with E-state index in [0.717, 1.165) is 28.1 Å². The molecular weight excluding hydrogens is 318 g/mol. The molecule has 0 saturated heterocycles. The number of aromatic amines is 1. The number of carbonyl (C=O) groups excluding carboxylic acids is 1. The molecule has 7 heteroatoms. The van der Waals surface area contributed by atoms with E-state index < -0.39 is 11.2 Å². The number of thiophene rings is 1. The van der Waals surface area contributed by atoms with Crippen molar-refractivity contribution in [1.82, 2.24) is 9.97 Å². The first-order valence-electron chi connectivity index (χ1n) is 7.31. The molecule has 2 heterocycles. The first kappa shape index (κ1) is 17.0. The lowest BCUT2D eigenvalue weighted by Crippen LogP contribution is -2.23. The van der Waals surface area contributed by atoms with E-state index in [2.05, 4.69) is 23.8 Å². The number of H-pyrrole nitrogens is 1. The average Bonchev–Trinajstić information content (AvgIpc) is 2.74. The molecule has 0 spiro atoms. The van der Waals surface area contributed by atoms with Crippen molar-refractivity contribution in [2.24, 2.45) is 11.7 Å². The van der Waals surface area contributed by atoms with E-state index in [1.807, 2.05) is 6.92 Å². The second kappa shape index (κ2) is 6.83. The maximum absolute atomic E-state index is 12.4. The summed E-state index contributed by atoms with van der Waals surface area (Å²) in [6.07, 6.45) is 1.96. The van der Waals surface area contributed by atoms with Gasteiger partial charge in [-0.25, -0.2) is 4.98 Å². The zero-order valence-electron chi connectivity index (χ0n) is 13.2. The summed E-state index contributed by atoms with van der Waals surface area (Å²) in [6.45, 7) is 8.06. The molecule has 2 aromatic rings. The molecule has 22 heavy (non-hydrogen) atoms. The topological polar surface area (TPSA) is 88.8 Å². The molecule has 0 radical (unpaired) electrons. The lowest BCUT2D eigenvalue weighted by molar-refractivity contribution is -0.117. The first-order chi connectivity index (χ1) is 10.3. The van der Waals surface area contributed by atoms with Crippen LogP contribution in [0, 0.1) is 12.8 Å². The number of aryl methyl sites for hydroxylation is 1. The van der Waals surface area contributed by atoms with Gasteiger partial charge in [-0.1, -0.05) is 32.0 Å². The van der Waals surface area contributed by atoms with Crippen molar-refractivity contribution in [3.63, 3.8) is 0 Å². The van der Waals surface area contributed by atoms with Crippen LogP contribution in [-0.2, 0) is 11.2 Å². The van der Waals surface area contributed by atoms with Gasteiger partial charge in [0.25, 0.3) is 5.56 Å². The van der Waals surface area contributed by atoms with Crippen LogP contribution >= 0.6 is 23.1 Å². The van der Waals surface area contributed by atoms with E-state index in [9.17, 15) is 9.59 Å². The summed E-state index contributed by atoms with van der Waals surface area (Å²) >= 11 is 2.71. The molecule has 0 aromatic carbocycles. The van der Waals surface area contributed by atoms with Crippen LogP contribution in [0.25, 0.3) is 10.2 Å². The van der Waals surface area contributed by atoms with Crippen LogP contribution in [-0.4, -0.2) is 21.1 Å². The van der Waals surface area contributed by atoms with Crippen LogP contribution < -0.4 is 11.3 Å². The predicted molar refractivity (Wildman–Crippen MR) is 92.7 cm³/mol. The Morgan fingerprint density at radius 3 is 2.73 bits per heavy atom. The normalized spacial score (nSPS) is 14.2. The third kappa shape index (κ3) is 3.52. The van der Waals surface area contributed by atoms with Crippen molar-refractivity contribution in [2.75, 3.05) is 0 Å². The fourth-order valence-corrected chi connectivity index (χ4v) is 4.03. The second-order valence-electron chi connectivity index (χ2n) is 5.57. The SMILES string of the molecule is CCC(C)Cc1c(C)sc2nc(SC(C)C(N)=O)[nH]c(=O)c12. The molecule has 1 amide bonds. The molecular formula is C15H21N3O2S2. The number of primary amides is 1. The minimum Gasteiger partial charge on any atom is -0.369 e. The zero-order valence-corrected chi connectivity index (χ0v) is 14.9. The average molecular weight is 339 g/mol. The van der Waals surface area contributed by atoms with Crippen molar-refractivity contribution in [1.29, 1.82) is 0 Å². The number of nitrogens with one attached hydrogen (secondary N) is 1. The molecule has 3 N–H and O–H groups in total. The van der Waals surface area contributed by atoms with Crippen LogP contribution in [0.5, 0.6) is 0 Å². The Hall–Kier alpha value is -1.34. The molecule has 120 valence electrons. The first-order valence-corrected chi connectivity index (χ1v) is 9.01. The summed E-state index contributed by atoms with van der Waals surface area (Å²) in [5, 5.41) is 0.709. The molecule has 0 aliphatic rings. The van der Waals surface area contributed by atoms with Gasteiger partial charge in [0.2, 0.25) is 5.91 Å². The van der Waals surface area contributed by atoms with Gasteiger partial charge in [0.1, 0.15) is 4.83 Å². The fourth-order valence-electron chi connectivity index (χ4n) is 2.18. The van der Waals surface area contributed by atoms with Crippen molar-refractivity contribution in [3.8, 4) is 0 Å². The van der Waals surface area contributed by atoms with Crippen LogP contribution in [0.15, 0.2) is 9.95 Å². The highest BCUT2D eigenvalue weighted by atomic mass is 32.2. The number of aromatic nitrogens is 2. The second-order valence-corrected chi connectivity index (χ2v) is 8.10. The standard InChI is InChI=1S/C15H21N3O2S2/c1-5-7(2)6-10-8(3)21-14-11(10)13(20)17-15(18-14)22-9(4)12(16)19/h7,9H,5-6H2,1-4H3,(H2,16,19)(H,17,18,20). The number of amides is 1. The summed E-state index contributed by atoms with van der Waals surface area (Å²) < 4.78 is 0. The molecule has 0 aliphatic carbocycles. The van der Waals surface area contributed by atoms with Crippen molar-refractivity contribution < 1.29 is 4.79 Å². The minimum atomic E-state index is -0.429. The lowest BCUT2D eigenvalue weighted by atomic mass is 9.98. The third-order valence-corrected chi connectivity index (χ3v) is 5.82. The van der Waals surface area contributed by atoms with Gasteiger partial charge in [0.15, 0.2) is 5.16 Å². The van der Waals surface area contributed by atoms with E-state index in [1.54, 1.807) is 6.92 Å². The number of fused-ring (bicyclic) bond motifs is 1. The molecule has 5 nitrogen and oxygen atoms in total. The van der Waals surface area contributed by atoms with Crippen molar-refractivity contribution in [2.45, 2.75) is 50.9 Å². The van der Waals surface area contributed by atoms with Gasteiger partial charge < -0.3 is 10.7 Å². The van der Waals surface area contributed by atoms with Gasteiger partial charge in [-0.15, -0.1) is 11.3 Å². The predicted octanol–water partition coefficient (Wildman–Crippen LogP) is 2.85. The van der Waals surface area contributed by atoms with Gasteiger partial charge in [-0.05, 0) is 31.7 Å². The highest BCUT2D eigenvalue weighted by Gasteiger charge is 2.18. The number of rotatable bonds is 6. The molecule has 0 bridgehead atoms. The monoisotopic (exact) mass is 339 g/mol. The Morgan fingerprint density at radius 1 is 1.45 bits per heavy atom. The zero-order chi connectivity index (χ0) is 16.4. The largest absolute Gasteiger partial charge is 0.369 e. The maximum Gasteiger partial charge on any atom is 0.260 e. The highest BCUT2D eigenvalue weighted by molar-refractivity contribution is 8.00. The molecule has 2 rings (SSSR count). The van der Waals surface area contributed by atoms with Gasteiger partial charge in [0, 0.05) is 4.88 Å². The van der Waals surface area contributed by atoms with E-state index >= 15 is 0 Å². The quantitative estimate of drug-likeness (QED) is 0.625. The van der Waals surface area contributed by atoms with E-state index in [-0.39, 0.29) is 5.56 Å². The molecule has 2 atom stereocenters. The maximum atomic E-state index is 12.4. The minimum absolute atomic E-state index is 0.133. The molecule has 0 aliphatic heterocycles. The summed E-state index contributed by atoms with van der Waals surface area (Å²) in [5.41, 5.74) is 6.22. The number of carbonyl (C=O) groups is 1. The fraction of sp³-hybridized carbons (Fsp3) is 0.533. The van der Waals surface area contributed by atoms with Gasteiger partial charge in [-0.3, -0.25) is 9.59 Å². The van der Waals surface area contributed by atoms with Gasteiger partial charge in [0.05, 0.1) is 10.6 Å². The number of thioether (sulfide) groups is 1. The van der Waals surface area contributed by atoms with E-state index in [1.165, 1.54) is 23.1 Å². The van der Waals surface area contributed by atoms with Crippen LogP contribution in [0.4, 0.5) is 0 Å². The number of hydrogen-bond donors (Lipinski definition) is 2. The Morgan fingerprint density at radius 2 is 2.14 bits per heavy atom. The third-order valence-electron chi connectivity index (χ3n) is 3.78. The van der Waals surface area contributed by atoms with Crippen LogP contribution in [0.1, 0.15) is 37.6 Å². The summed E-state index contributed by atoms with van der Waals surface area (Å²) in [5.74, 6) is 0.104. The summed E-state index contributed by atoms with van der Waals surface area (Å²) in [4.78, 5) is 32.7. The molecule has 0 saturated carbocycles. The van der Waals surface area contributed by atoms with Crippen molar-refractivity contribution >= 4 is 39.2 Å². The van der Waals surface area contributed by atoms with Gasteiger partial charge in [-0.2, -0.15) is 0 Å². The van der Waals surface area contributed by atoms with E-state index in [0.29, 0.717) is 16.5 Å².